The summed E-state index contributed by atoms with van der Waals surface area (Å²) in [6.45, 7) is 10.9. The van der Waals surface area contributed by atoms with Crippen molar-refractivity contribution < 1.29 is 28.6 Å². The lowest BCUT2D eigenvalue weighted by Crippen LogP contribution is -2.43. The second-order valence-corrected chi connectivity index (χ2v) is 8.25. The van der Waals surface area contributed by atoms with E-state index in [4.69, 9.17) is 14.2 Å². The predicted molar refractivity (Wildman–Crippen MR) is 108 cm³/mol. The fourth-order valence-corrected chi connectivity index (χ4v) is 3.75. The second kappa shape index (κ2) is 8.80. The van der Waals surface area contributed by atoms with Crippen molar-refractivity contribution >= 4 is 18.2 Å². The first kappa shape index (κ1) is 22.7. The monoisotopic (exact) mass is 402 g/mol. The van der Waals surface area contributed by atoms with Gasteiger partial charge in [-0.1, -0.05) is 24.3 Å². The smallest absolute Gasteiger partial charge is 0.324 e. The average molecular weight is 402 g/mol. The summed E-state index contributed by atoms with van der Waals surface area (Å²) >= 11 is 0. The summed E-state index contributed by atoms with van der Waals surface area (Å²) in [5.74, 6) is -0.634. The Morgan fingerprint density at radius 1 is 1.07 bits per heavy atom. The average Bonchev–Trinajstić information content (AvgIpc) is 2.95. The van der Waals surface area contributed by atoms with Gasteiger partial charge in [-0.3, -0.25) is 9.59 Å². The van der Waals surface area contributed by atoms with E-state index in [9.17, 15) is 14.4 Å². The van der Waals surface area contributed by atoms with Crippen LogP contribution in [-0.4, -0.2) is 37.5 Å². The van der Waals surface area contributed by atoms with Crippen LogP contribution in [0, 0.1) is 10.8 Å². The van der Waals surface area contributed by atoms with Crippen molar-refractivity contribution in [1.29, 1.82) is 0 Å². The first-order valence-electron chi connectivity index (χ1n) is 9.78. The van der Waals surface area contributed by atoms with Gasteiger partial charge in [-0.2, -0.15) is 0 Å². The fraction of sp³-hybridized carbons (Fsp3) is 0.522. The van der Waals surface area contributed by atoms with Crippen LogP contribution in [0.2, 0.25) is 0 Å². The number of methoxy groups -OCH3 is 1. The van der Waals surface area contributed by atoms with Crippen molar-refractivity contribution in [2.45, 2.75) is 59.2 Å². The highest BCUT2D eigenvalue weighted by Crippen LogP contribution is 2.54. The largest absolute Gasteiger partial charge is 0.497 e. The summed E-state index contributed by atoms with van der Waals surface area (Å²) in [7, 11) is 1.58. The van der Waals surface area contributed by atoms with Gasteiger partial charge in [0.2, 0.25) is 0 Å². The number of carbonyl (C=O) groups excluding carboxylic acids is 3. The molecule has 1 aromatic rings. The van der Waals surface area contributed by atoms with Gasteiger partial charge in [-0.25, -0.2) is 0 Å². The van der Waals surface area contributed by atoms with Crippen LogP contribution in [0.3, 0.4) is 0 Å². The summed E-state index contributed by atoms with van der Waals surface area (Å²) in [4.78, 5) is 38.2. The molecule has 29 heavy (non-hydrogen) atoms. The predicted octanol–water partition coefficient (Wildman–Crippen LogP) is 3.66. The summed E-state index contributed by atoms with van der Waals surface area (Å²) in [5.41, 5.74) is -1.21. The van der Waals surface area contributed by atoms with Gasteiger partial charge < -0.3 is 19.0 Å². The molecule has 0 aliphatic heterocycles. The topological polar surface area (TPSA) is 78.9 Å². The maximum Gasteiger partial charge on any atom is 0.324 e. The molecular formula is C23H30O6. The summed E-state index contributed by atoms with van der Waals surface area (Å²) in [6.07, 6.45) is 0.335. The number of aldehydes is 1. The van der Waals surface area contributed by atoms with E-state index in [-0.39, 0.29) is 12.8 Å². The van der Waals surface area contributed by atoms with Crippen molar-refractivity contribution in [3.05, 3.63) is 42.0 Å². The molecule has 0 bridgehead atoms. The maximum absolute atomic E-state index is 13.0. The normalized spacial score (nSPS) is 20.6. The number of esters is 2. The molecule has 6 heteroatoms. The van der Waals surface area contributed by atoms with Crippen molar-refractivity contribution in [2.75, 3.05) is 7.11 Å². The van der Waals surface area contributed by atoms with E-state index < -0.39 is 35.0 Å². The van der Waals surface area contributed by atoms with Crippen molar-refractivity contribution in [3.63, 3.8) is 0 Å². The Morgan fingerprint density at radius 3 is 2.00 bits per heavy atom. The van der Waals surface area contributed by atoms with Gasteiger partial charge in [0.1, 0.15) is 12.0 Å². The Kier molecular flexibility index (Phi) is 6.88. The van der Waals surface area contributed by atoms with E-state index in [2.05, 4.69) is 6.58 Å². The number of allylic oxidation sites excluding steroid dienone is 1. The highest BCUT2D eigenvalue weighted by atomic mass is 16.6. The lowest BCUT2D eigenvalue weighted by molar-refractivity contribution is -0.177. The molecule has 0 N–H and O–H groups in total. The van der Waals surface area contributed by atoms with E-state index in [0.29, 0.717) is 17.7 Å². The molecule has 0 amide bonds. The minimum Gasteiger partial charge on any atom is -0.497 e. The van der Waals surface area contributed by atoms with Gasteiger partial charge in [0.25, 0.3) is 0 Å². The van der Waals surface area contributed by atoms with Crippen molar-refractivity contribution in [3.8, 4) is 5.75 Å². The molecular weight excluding hydrogens is 372 g/mol. The molecule has 0 radical (unpaired) electrons. The van der Waals surface area contributed by atoms with Crippen LogP contribution in [0.4, 0.5) is 0 Å². The van der Waals surface area contributed by atoms with E-state index in [1.165, 1.54) is 0 Å². The Morgan fingerprint density at radius 2 is 1.59 bits per heavy atom. The molecule has 1 unspecified atom stereocenters. The molecule has 1 fully saturated rings. The summed E-state index contributed by atoms with van der Waals surface area (Å²) < 4.78 is 16.0. The quantitative estimate of drug-likeness (QED) is 0.286. The number of rotatable bonds is 8. The SMILES string of the molecule is C=C1CC(C(=O)OC(C)C)(C(=O)OC(C)C)CC1(C=O)Cc1ccc(OC)cc1. The minimum absolute atomic E-state index is 0.0224. The molecule has 1 atom stereocenters. The minimum atomic E-state index is -1.57. The number of ether oxygens (including phenoxy) is 3. The standard InChI is InChI=1S/C23H30O6/c1-15(2)28-20(25)23(21(26)29-16(3)4)11-17(5)22(13-23,14-24)12-18-7-9-19(27-6)10-8-18/h7-10,14-16H,5,11-13H2,1-4,6H3. The van der Waals surface area contributed by atoms with Crippen molar-refractivity contribution in [1.82, 2.24) is 0 Å². The van der Waals surface area contributed by atoms with Crippen LogP contribution >= 0.6 is 0 Å². The molecule has 0 aromatic heterocycles. The van der Waals surface area contributed by atoms with Gasteiger partial charge in [0.15, 0.2) is 5.41 Å². The third-order valence-corrected chi connectivity index (χ3v) is 5.21. The lowest BCUT2D eigenvalue weighted by atomic mass is 9.75. The zero-order valence-corrected chi connectivity index (χ0v) is 17.8. The zero-order chi connectivity index (χ0) is 21.8. The molecule has 1 aliphatic rings. The first-order valence-corrected chi connectivity index (χ1v) is 9.78. The molecule has 0 saturated heterocycles. The Balaban J connectivity index is 2.42. The molecule has 2 rings (SSSR count). The molecule has 0 spiro atoms. The van der Waals surface area contributed by atoms with E-state index in [1.54, 1.807) is 46.9 Å². The fourth-order valence-electron chi connectivity index (χ4n) is 3.75. The summed E-state index contributed by atoms with van der Waals surface area (Å²) in [5, 5.41) is 0. The van der Waals surface area contributed by atoms with E-state index >= 15 is 0 Å². The third kappa shape index (κ3) is 4.69. The van der Waals surface area contributed by atoms with E-state index in [1.807, 2.05) is 12.1 Å². The van der Waals surface area contributed by atoms with Crippen LogP contribution in [0.1, 0.15) is 46.1 Å². The second-order valence-electron chi connectivity index (χ2n) is 8.25. The molecule has 6 nitrogen and oxygen atoms in total. The van der Waals surface area contributed by atoms with Gasteiger partial charge in [-0.15, -0.1) is 0 Å². The molecule has 1 aliphatic carbocycles. The highest BCUT2D eigenvalue weighted by molar-refractivity contribution is 6.02. The van der Waals surface area contributed by atoms with Gasteiger partial charge in [-0.05, 0) is 64.7 Å². The van der Waals surface area contributed by atoms with Crippen LogP contribution in [-0.2, 0) is 30.3 Å². The van der Waals surface area contributed by atoms with Gasteiger partial charge in [0.05, 0.1) is 24.7 Å². The maximum atomic E-state index is 13.0. The van der Waals surface area contributed by atoms with Crippen molar-refractivity contribution in [2.24, 2.45) is 10.8 Å². The number of benzene rings is 1. The molecule has 158 valence electrons. The van der Waals surface area contributed by atoms with Crippen LogP contribution in [0.5, 0.6) is 5.75 Å². The summed E-state index contributed by atoms with van der Waals surface area (Å²) in [6, 6.07) is 7.32. The van der Waals surface area contributed by atoms with Crippen LogP contribution in [0.25, 0.3) is 0 Å². The Labute approximate surface area is 172 Å². The van der Waals surface area contributed by atoms with Crippen LogP contribution in [0.15, 0.2) is 36.4 Å². The number of carbonyl (C=O) groups is 3. The van der Waals surface area contributed by atoms with E-state index in [0.717, 1.165) is 11.8 Å². The van der Waals surface area contributed by atoms with Crippen LogP contribution < -0.4 is 4.74 Å². The number of hydrogen-bond donors (Lipinski definition) is 0. The highest BCUT2D eigenvalue weighted by Gasteiger charge is 2.61. The lowest BCUT2D eigenvalue weighted by Gasteiger charge is -2.29. The first-order chi connectivity index (χ1) is 13.6. The molecule has 1 saturated carbocycles. The Hall–Kier alpha value is -2.63. The molecule has 1 aromatic carbocycles. The van der Waals surface area contributed by atoms with Gasteiger partial charge in [0, 0.05) is 0 Å². The number of hydrogen-bond acceptors (Lipinski definition) is 6. The van der Waals surface area contributed by atoms with Gasteiger partial charge >= 0.3 is 11.9 Å². The zero-order valence-electron chi connectivity index (χ0n) is 17.8. The Bertz CT molecular complexity index is 755. The molecule has 0 heterocycles. The third-order valence-electron chi connectivity index (χ3n) is 5.21.